The van der Waals surface area contributed by atoms with Crippen molar-refractivity contribution in [2.24, 2.45) is 0 Å². The van der Waals surface area contributed by atoms with Crippen LogP contribution in [0.3, 0.4) is 0 Å². The Morgan fingerprint density at radius 2 is 2.11 bits per heavy atom. The van der Waals surface area contributed by atoms with Crippen LogP contribution in [0.25, 0.3) is 0 Å². The molecule has 1 aromatic rings. The van der Waals surface area contributed by atoms with Crippen LogP contribution < -0.4 is 10.1 Å². The SMILES string of the molecule is CCOc1cccc(CNC(C)(C)COC(C)=O)c1. The van der Waals surface area contributed by atoms with E-state index in [1.54, 1.807) is 0 Å². The predicted octanol–water partition coefficient (Wildman–Crippen LogP) is 2.52. The number of nitrogens with one attached hydrogen (secondary N) is 1. The number of ether oxygens (including phenoxy) is 2. The zero-order valence-corrected chi connectivity index (χ0v) is 12.2. The first-order valence-electron chi connectivity index (χ1n) is 6.53. The number of benzene rings is 1. The highest BCUT2D eigenvalue weighted by Crippen LogP contribution is 2.14. The van der Waals surface area contributed by atoms with Crippen LogP contribution in [0.1, 0.15) is 33.3 Å². The maximum absolute atomic E-state index is 10.8. The van der Waals surface area contributed by atoms with E-state index in [-0.39, 0.29) is 11.5 Å². The molecule has 0 aliphatic carbocycles. The molecule has 0 heterocycles. The molecule has 4 heteroatoms. The number of carbonyl (C=O) groups excluding carboxylic acids is 1. The standard InChI is InChI=1S/C15H23NO3/c1-5-18-14-8-6-7-13(9-14)10-16-15(3,4)11-19-12(2)17/h6-9,16H,5,10-11H2,1-4H3. The third kappa shape index (κ3) is 6.25. The molecule has 0 saturated heterocycles. The molecule has 0 aromatic heterocycles. The van der Waals surface area contributed by atoms with Crippen molar-refractivity contribution < 1.29 is 14.3 Å². The Balaban J connectivity index is 2.50. The minimum Gasteiger partial charge on any atom is -0.494 e. The molecule has 0 radical (unpaired) electrons. The molecule has 1 aromatic carbocycles. The number of rotatable bonds is 7. The van der Waals surface area contributed by atoms with Crippen molar-refractivity contribution in [3.05, 3.63) is 29.8 Å². The quantitative estimate of drug-likeness (QED) is 0.770. The van der Waals surface area contributed by atoms with E-state index in [1.165, 1.54) is 6.92 Å². The van der Waals surface area contributed by atoms with Gasteiger partial charge in [-0.05, 0) is 38.5 Å². The first kappa shape index (κ1) is 15.5. The Morgan fingerprint density at radius 1 is 1.37 bits per heavy atom. The van der Waals surface area contributed by atoms with E-state index >= 15 is 0 Å². The summed E-state index contributed by atoms with van der Waals surface area (Å²) in [6.07, 6.45) is 0. The fourth-order valence-corrected chi connectivity index (χ4v) is 1.59. The highest BCUT2D eigenvalue weighted by Gasteiger charge is 2.18. The van der Waals surface area contributed by atoms with Crippen molar-refractivity contribution in [3.8, 4) is 5.75 Å². The van der Waals surface area contributed by atoms with Gasteiger partial charge in [0.25, 0.3) is 0 Å². The monoisotopic (exact) mass is 265 g/mol. The van der Waals surface area contributed by atoms with Crippen molar-refractivity contribution in [2.45, 2.75) is 39.8 Å². The maximum atomic E-state index is 10.8. The molecule has 0 aliphatic heterocycles. The van der Waals surface area contributed by atoms with Crippen molar-refractivity contribution in [1.29, 1.82) is 0 Å². The van der Waals surface area contributed by atoms with E-state index in [1.807, 2.05) is 45.0 Å². The van der Waals surface area contributed by atoms with Crippen LogP contribution in [0, 0.1) is 0 Å². The average molecular weight is 265 g/mol. The number of esters is 1. The van der Waals surface area contributed by atoms with E-state index in [9.17, 15) is 4.79 Å². The molecule has 106 valence electrons. The summed E-state index contributed by atoms with van der Waals surface area (Å²) in [4.78, 5) is 10.8. The second-order valence-corrected chi connectivity index (χ2v) is 5.10. The van der Waals surface area contributed by atoms with Crippen LogP contribution in [0.2, 0.25) is 0 Å². The first-order chi connectivity index (χ1) is 8.93. The van der Waals surface area contributed by atoms with Crippen LogP contribution in [-0.2, 0) is 16.1 Å². The number of hydrogen-bond donors (Lipinski definition) is 1. The zero-order chi connectivity index (χ0) is 14.3. The predicted molar refractivity (Wildman–Crippen MR) is 75.2 cm³/mol. The molecule has 1 N–H and O–H groups in total. The van der Waals surface area contributed by atoms with Gasteiger partial charge in [0.1, 0.15) is 12.4 Å². The first-order valence-corrected chi connectivity index (χ1v) is 6.53. The third-order valence-electron chi connectivity index (χ3n) is 2.62. The van der Waals surface area contributed by atoms with Gasteiger partial charge in [-0.3, -0.25) is 4.79 Å². The lowest BCUT2D eigenvalue weighted by Crippen LogP contribution is -2.43. The van der Waals surface area contributed by atoms with Crippen molar-refractivity contribution in [3.63, 3.8) is 0 Å². The van der Waals surface area contributed by atoms with E-state index < -0.39 is 0 Å². The molecular weight excluding hydrogens is 242 g/mol. The molecule has 0 unspecified atom stereocenters. The smallest absolute Gasteiger partial charge is 0.302 e. The summed E-state index contributed by atoms with van der Waals surface area (Å²) in [6, 6.07) is 7.97. The summed E-state index contributed by atoms with van der Waals surface area (Å²) in [6.45, 7) is 9.11. The van der Waals surface area contributed by atoms with Gasteiger partial charge in [0, 0.05) is 19.0 Å². The van der Waals surface area contributed by atoms with E-state index in [2.05, 4.69) is 5.32 Å². The van der Waals surface area contributed by atoms with E-state index in [4.69, 9.17) is 9.47 Å². The topological polar surface area (TPSA) is 47.6 Å². The summed E-state index contributed by atoms with van der Waals surface area (Å²) < 4.78 is 10.5. The summed E-state index contributed by atoms with van der Waals surface area (Å²) >= 11 is 0. The second kappa shape index (κ2) is 7.14. The third-order valence-corrected chi connectivity index (χ3v) is 2.62. The lowest BCUT2D eigenvalue weighted by molar-refractivity contribution is -0.142. The molecule has 4 nitrogen and oxygen atoms in total. The van der Waals surface area contributed by atoms with Crippen LogP contribution >= 0.6 is 0 Å². The zero-order valence-electron chi connectivity index (χ0n) is 12.2. The van der Waals surface area contributed by atoms with Gasteiger partial charge in [-0.25, -0.2) is 0 Å². The van der Waals surface area contributed by atoms with Gasteiger partial charge in [0.15, 0.2) is 0 Å². The van der Waals surface area contributed by atoms with Crippen molar-refractivity contribution in [1.82, 2.24) is 5.32 Å². The summed E-state index contributed by atoms with van der Waals surface area (Å²) in [5.41, 5.74) is 0.884. The molecule has 0 bridgehead atoms. The average Bonchev–Trinajstić information content (AvgIpc) is 2.35. The van der Waals surface area contributed by atoms with Gasteiger partial charge in [0.05, 0.1) is 6.61 Å². The van der Waals surface area contributed by atoms with Gasteiger partial charge in [-0.1, -0.05) is 12.1 Å². The Bertz CT molecular complexity index is 416. The largest absolute Gasteiger partial charge is 0.494 e. The Kier molecular flexibility index (Phi) is 5.83. The molecule has 1 rings (SSSR count). The summed E-state index contributed by atoms with van der Waals surface area (Å²) in [5.74, 6) is 0.618. The molecule has 19 heavy (non-hydrogen) atoms. The van der Waals surface area contributed by atoms with Crippen molar-refractivity contribution in [2.75, 3.05) is 13.2 Å². The number of hydrogen-bond acceptors (Lipinski definition) is 4. The van der Waals surface area contributed by atoms with E-state index in [0.29, 0.717) is 19.8 Å². The Labute approximate surface area is 115 Å². The fraction of sp³-hybridized carbons (Fsp3) is 0.533. The minimum atomic E-state index is -0.257. The molecule has 0 saturated carbocycles. The molecule has 0 aliphatic rings. The molecule has 0 spiro atoms. The molecule has 0 amide bonds. The van der Waals surface area contributed by atoms with Gasteiger partial charge in [-0.2, -0.15) is 0 Å². The van der Waals surface area contributed by atoms with Gasteiger partial charge in [0.2, 0.25) is 0 Å². The summed E-state index contributed by atoms with van der Waals surface area (Å²) in [5, 5.41) is 3.37. The fourth-order valence-electron chi connectivity index (χ4n) is 1.59. The highest BCUT2D eigenvalue weighted by molar-refractivity contribution is 5.65. The van der Waals surface area contributed by atoms with Gasteiger partial charge >= 0.3 is 5.97 Å². The minimum absolute atomic E-state index is 0.256. The second-order valence-electron chi connectivity index (χ2n) is 5.10. The van der Waals surface area contributed by atoms with E-state index in [0.717, 1.165) is 11.3 Å². The van der Waals surface area contributed by atoms with Crippen LogP contribution in [-0.4, -0.2) is 24.7 Å². The lowest BCUT2D eigenvalue weighted by atomic mass is 10.1. The van der Waals surface area contributed by atoms with Gasteiger partial charge < -0.3 is 14.8 Å². The van der Waals surface area contributed by atoms with Crippen LogP contribution in [0.5, 0.6) is 5.75 Å². The molecule has 0 fully saturated rings. The highest BCUT2D eigenvalue weighted by atomic mass is 16.5. The molecular formula is C15H23NO3. The van der Waals surface area contributed by atoms with Gasteiger partial charge in [-0.15, -0.1) is 0 Å². The Morgan fingerprint density at radius 3 is 2.74 bits per heavy atom. The molecule has 0 atom stereocenters. The van der Waals surface area contributed by atoms with Crippen LogP contribution in [0.15, 0.2) is 24.3 Å². The van der Waals surface area contributed by atoms with Crippen LogP contribution in [0.4, 0.5) is 0 Å². The number of carbonyl (C=O) groups is 1. The Hall–Kier alpha value is -1.55. The maximum Gasteiger partial charge on any atom is 0.302 e. The summed E-state index contributed by atoms with van der Waals surface area (Å²) in [7, 11) is 0. The normalized spacial score (nSPS) is 11.2. The van der Waals surface area contributed by atoms with Crippen molar-refractivity contribution >= 4 is 5.97 Å². The lowest BCUT2D eigenvalue weighted by Gasteiger charge is -2.25.